The Balaban J connectivity index is 2.29. The normalized spacial score (nSPS) is 38.5. The second-order valence-electron chi connectivity index (χ2n) is 7.37. The summed E-state index contributed by atoms with van der Waals surface area (Å²) in [5.41, 5.74) is 1.27. The van der Waals surface area contributed by atoms with Gasteiger partial charge in [-0.2, -0.15) is 0 Å². The average molecular weight is 378 g/mol. The third kappa shape index (κ3) is 3.80. The summed E-state index contributed by atoms with van der Waals surface area (Å²) in [6.45, 7) is 10.3. The molecule has 2 radical (unpaired) electrons. The largest absolute Gasteiger partial charge is 0.409 e. The first-order chi connectivity index (χ1) is 10.5. The van der Waals surface area contributed by atoms with Gasteiger partial charge >= 0.3 is 6.72 Å². The topological polar surface area (TPSA) is 57.2 Å². The van der Waals surface area contributed by atoms with Gasteiger partial charge in [0.15, 0.2) is 0 Å². The molecule has 1 unspecified atom stereocenters. The highest BCUT2D eigenvalue weighted by Gasteiger charge is 2.55. The molecule has 0 saturated carbocycles. The Kier molecular flexibility index (Phi) is 6.24. The van der Waals surface area contributed by atoms with E-state index in [0.717, 1.165) is 0 Å². The molecule has 5 atom stereocenters. The van der Waals surface area contributed by atoms with Crippen LogP contribution < -0.4 is 0 Å². The van der Waals surface area contributed by atoms with E-state index in [9.17, 15) is 4.89 Å². The van der Waals surface area contributed by atoms with E-state index in [0.29, 0.717) is 16.6 Å². The van der Waals surface area contributed by atoms with Crippen LogP contribution in [0.2, 0.25) is 16.6 Å². The maximum atomic E-state index is 9.99. The summed E-state index contributed by atoms with van der Waals surface area (Å²) >= 11 is 4.99. The second kappa shape index (κ2) is 7.16. The van der Waals surface area contributed by atoms with E-state index in [1.165, 1.54) is 0 Å². The van der Waals surface area contributed by atoms with Crippen molar-refractivity contribution in [3.8, 4) is 0 Å². The molecule has 132 valence electrons. The lowest BCUT2D eigenvalue weighted by atomic mass is 9.93. The summed E-state index contributed by atoms with van der Waals surface area (Å²) in [6, 6.07) is -0.593. The highest BCUT2D eigenvalue weighted by Crippen LogP contribution is 2.53. The Morgan fingerprint density at radius 1 is 1.17 bits per heavy atom. The zero-order valence-electron chi connectivity index (χ0n) is 14.8. The second-order valence-corrected chi connectivity index (χ2v) is 15.6. The van der Waals surface area contributed by atoms with Crippen molar-refractivity contribution in [3.63, 3.8) is 0 Å². The summed E-state index contributed by atoms with van der Waals surface area (Å²) in [4.78, 5) is 9.99. The van der Waals surface area contributed by atoms with Gasteiger partial charge in [0.25, 0.3) is 0 Å². The van der Waals surface area contributed by atoms with Crippen LogP contribution in [-0.2, 0) is 30.0 Å². The molecule has 0 spiro atoms. The SMILES string of the molecule is [B][C@@H]1O[C@@H]2COP(O)(=S)O[C@H]2[C@H]1O[Si](C(C)C)(C(C)C)C(C)C. The van der Waals surface area contributed by atoms with Gasteiger partial charge in [0.05, 0.1) is 12.7 Å². The van der Waals surface area contributed by atoms with Gasteiger partial charge in [0.2, 0.25) is 8.32 Å². The molecule has 0 aromatic rings. The number of ether oxygens (including phenoxy) is 1. The Hall–Kier alpha value is 0.732. The Morgan fingerprint density at radius 3 is 2.17 bits per heavy atom. The van der Waals surface area contributed by atoms with Crippen molar-refractivity contribution >= 4 is 34.7 Å². The van der Waals surface area contributed by atoms with Crippen LogP contribution in [0.1, 0.15) is 41.5 Å². The van der Waals surface area contributed by atoms with E-state index in [4.69, 9.17) is 37.9 Å². The molecular formula is C14H28BO5PSSi. The van der Waals surface area contributed by atoms with E-state index >= 15 is 0 Å². The van der Waals surface area contributed by atoms with Crippen LogP contribution in [0.15, 0.2) is 0 Å². The fourth-order valence-electron chi connectivity index (χ4n) is 4.15. The van der Waals surface area contributed by atoms with Crippen LogP contribution in [0.5, 0.6) is 0 Å². The maximum absolute atomic E-state index is 9.99. The van der Waals surface area contributed by atoms with Gasteiger partial charge in [0.1, 0.15) is 20.1 Å². The van der Waals surface area contributed by atoms with Crippen LogP contribution in [0.25, 0.3) is 0 Å². The minimum absolute atomic E-state index is 0.200. The van der Waals surface area contributed by atoms with Crippen molar-refractivity contribution in [2.75, 3.05) is 6.61 Å². The molecule has 2 saturated heterocycles. The van der Waals surface area contributed by atoms with Gasteiger partial charge < -0.3 is 18.6 Å². The van der Waals surface area contributed by atoms with Crippen LogP contribution in [0.4, 0.5) is 0 Å². The van der Waals surface area contributed by atoms with Crippen LogP contribution >= 0.6 is 6.72 Å². The quantitative estimate of drug-likeness (QED) is 0.586. The molecular weight excluding hydrogens is 350 g/mol. The molecule has 0 bridgehead atoms. The summed E-state index contributed by atoms with van der Waals surface area (Å²) in [7, 11) is 4.03. The van der Waals surface area contributed by atoms with E-state index in [-0.39, 0.29) is 12.7 Å². The Labute approximate surface area is 147 Å². The van der Waals surface area contributed by atoms with E-state index in [2.05, 4.69) is 41.5 Å². The van der Waals surface area contributed by atoms with Gasteiger partial charge in [-0.15, -0.1) is 0 Å². The molecule has 0 amide bonds. The van der Waals surface area contributed by atoms with Crippen molar-refractivity contribution < 1.29 is 23.1 Å². The van der Waals surface area contributed by atoms with E-state index in [1.54, 1.807) is 0 Å². The Bertz CT molecular complexity index is 456. The zero-order chi connectivity index (χ0) is 17.6. The molecule has 2 heterocycles. The molecule has 2 aliphatic rings. The predicted octanol–water partition coefficient (Wildman–Crippen LogP) is 3.07. The smallest absolute Gasteiger partial charge is 0.325 e. The average Bonchev–Trinajstić information content (AvgIpc) is 2.69. The number of hydrogen-bond acceptors (Lipinski definition) is 5. The third-order valence-corrected chi connectivity index (χ3v) is 12.7. The molecule has 0 aliphatic carbocycles. The van der Waals surface area contributed by atoms with Gasteiger partial charge in [-0.1, -0.05) is 41.5 Å². The number of rotatable bonds is 5. The minimum atomic E-state index is -3.22. The van der Waals surface area contributed by atoms with Crippen molar-refractivity contribution in [2.45, 2.75) is 82.5 Å². The fraction of sp³-hybridized carbons (Fsp3) is 1.00. The minimum Gasteiger partial charge on any atom is -0.409 e. The highest BCUT2D eigenvalue weighted by molar-refractivity contribution is 8.07. The van der Waals surface area contributed by atoms with E-state index < -0.39 is 33.2 Å². The molecule has 2 aliphatic heterocycles. The number of hydrogen-bond donors (Lipinski definition) is 1. The van der Waals surface area contributed by atoms with Gasteiger partial charge in [0, 0.05) is 6.00 Å². The van der Waals surface area contributed by atoms with Gasteiger partial charge in [-0.3, -0.25) is 4.52 Å². The molecule has 23 heavy (non-hydrogen) atoms. The Morgan fingerprint density at radius 2 is 1.70 bits per heavy atom. The lowest BCUT2D eigenvalue weighted by molar-refractivity contribution is -0.0344. The van der Waals surface area contributed by atoms with Crippen LogP contribution in [0.3, 0.4) is 0 Å². The zero-order valence-corrected chi connectivity index (χ0v) is 17.5. The fourth-order valence-corrected chi connectivity index (χ4v) is 11.1. The van der Waals surface area contributed by atoms with Gasteiger partial charge in [-0.05, 0) is 28.4 Å². The lowest BCUT2D eigenvalue weighted by Crippen LogP contribution is -2.54. The summed E-state index contributed by atoms with van der Waals surface area (Å²) in [5.74, 6) is 0. The molecule has 2 rings (SSSR count). The molecule has 0 aromatic carbocycles. The number of fused-ring (bicyclic) bond motifs is 1. The highest BCUT2D eigenvalue weighted by atomic mass is 32.5. The summed E-state index contributed by atoms with van der Waals surface area (Å²) in [5, 5.41) is 0. The van der Waals surface area contributed by atoms with Crippen molar-refractivity contribution in [1.82, 2.24) is 0 Å². The summed E-state index contributed by atoms with van der Waals surface area (Å²) in [6.07, 6.45) is -1.22. The first-order valence-electron chi connectivity index (χ1n) is 8.26. The monoisotopic (exact) mass is 378 g/mol. The molecule has 5 nitrogen and oxygen atoms in total. The molecule has 9 heteroatoms. The van der Waals surface area contributed by atoms with Crippen LogP contribution in [0, 0.1) is 0 Å². The standard InChI is InChI=1S/C14H28BO5PSSi/c1-8(2)23(9(3)4,10(5)6)20-13-12-11(18-14(13)15)7-17-21(16,22)19-12/h8-14H,7H2,1-6H3,(H,16,22)/t11-,12-,13-,14-,21?/m1/s1. The molecule has 1 N–H and O–H groups in total. The first kappa shape index (κ1) is 20.0. The van der Waals surface area contributed by atoms with Gasteiger partial charge in [-0.25, -0.2) is 0 Å². The first-order valence-corrected chi connectivity index (χ1v) is 13.0. The molecule has 0 aromatic heterocycles. The van der Waals surface area contributed by atoms with Crippen molar-refractivity contribution in [1.29, 1.82) is 0 Å². The van der Waals surface area contributed by atoms with Crippen molar-refractivity contribution in [3.05, 3.63) is 0 Å². The third-order valence-electron chi connectivity index (χ3n) is 5.05. The lowest BCUT2D eigenvalue weighted by Gasteiger charge is -2.46. The maximum Gasteiger partial charge on any atom is 0.325 e. The molecule has 2 fully saturated rings. The van der Waals surface area contributed by atoms with E-state index in [1.807, 2.05) is 0 Å². The predicted molar refractivity (Wildman–Crippen MR) is 97.7 cm³/mol. The van der Waals surface area contributed by atoms with Crippen LogP contribution in [-0.4, -0.2) is 52.0 Å². The summed E-state index contributed by atoms with van der Waals surface area (Å²) < 4.78 is 23.3. The van der Waals surface area contributed by atoms with Crippen molar-refractivity contribution in [2.24, 2.45) is 0 Å².